The van der Waals surface area contributed by atoms with E-state index in [1.165, 1.54) is 6.42 Å². The van der Waals surface area contributed by atoms with Crippen molar-refractivity contribution in [1.82, 2.24) is 0 Å². The van der Waals surface area contributed by atoms with Crippen molar-refractivity contribution < 1.29 is 4.79 Å². The zero-order valence-corrected chi connectivity index (χ0v) is 9.20. The van der Waals surface area contributed by atoms with Crippen LogP contribution in [0.5, 0.6) is 0 Å². The third-order valence-corrected chi connectivity index (χ3v) is 3.76. The summed E-state index contributed by atoms with van der Waals surface area (Å²) in [5.74, 6) is 7.34. The SMILES string of the molecule is O=C1CCC[C@@H]2C[C@]12C#Cc1ccccc1. The van der Waals surface area contributed by atoms with Crippen LogP contribution in [0.1, 0.15) is 31.2 Å². The van der Waals surface area contributed by atoms with E-state index >= 15 is 0 Å². The van der Waals surface area contributed by atoms with Crippen LogP contribution in [-0.4, -0.2) is 5.78 Å². The van der Waals surface area contributed by atoms with Gasteiger partial charge in [0.05, 0.1) is 5.41 Å². The maximum Gasteiger partial charge on any atom is 0.151 e. The monoisotopic (exact) mass is 210 g/mol. The summed E-state index contributed by atoms with van der Waals surface area (Å²) in [7, 11) is 0. The summed E-state index contributed by atoms with van der Waals surface area (Å²) in [6.45, 7) is 0. The molecule has 0 heterocycles. The summed E-state index contributed by atoms with van der Waals surface area (Å²) in [5.41, 5.74) is 0.773. The van der Waals surface area contributed by atoms with E-state index in [0.29, 0.717) is 11.7 Å². The highest BCUT2D eigenvalue weighted by Crippen LogP contribution is 2.58. The summed E-state index contributed by atoms with van der Waals surface area (Å²) in [6.07, 6.45) is 4.00. The third kappa shape index (κ3) is 1.46. The van der Waals surface area contributed by atoms with Gasteiger partial charge in [-0.3, -0.25) is 4.79 Å². The second kappa shape index (κ2) is 3.49. The number of hydrogen-bond acceptors (Lipinski definition) is 1. The molecular formula is C15H14O. The smallest absolute Gasteiger partial charge is 0.151 e. The van der Waals surface area contributed by atoms with E-state index in [1.807, 2.05) is 30.3 Å². The van der Waals surface area contributed by atoms with Crippen molar-refractivity contribution in [3.8, 4) is 11.8 Å². The van der Waals surface area contributed by atoms with E-state index in [2.05, 4.69) is 11.8 Å². The Morgan fingerprint density at radius 2 is 2.06 bits per heavy atom. The van der Waals surface area contributed by atoms with Crippen LogP contribution in [0.4, 0.5) is 0 Å². The Morgan fingerprint density at radius 3 is 2.81 bits per heavy atom. The summed E-state index contributed by atoms with van der Waals surface area (Å²) < 4.78 is 0. The van der Waals surface area contributed by atoms with E-state index in [4.69, 9.17) is 0 Å². The first-order valence-electron chi connectivity index (χ1n) is 5.93. The molecule has 1 aromatic carbocycles. The highest BCUT2D eigenvalue weighted by Gasteiger charge is 2.59. The average molecular weight is 210 g/mol. The van der Waals surface area contributed by atoms with Crippen molar-refractivity contribution in [2.75, 3.05) is 0 Å². The number of fused-ring (bicyclic) bond motifs is 1. The lowest BCUT2D eigenvalue weighted by Gasteiger charge is -2.14. The number of carbonyl (C=O) groups excluding carboxylic acids is 1. The zero-order chi connectivity index (χ0) is 11.0. The molecule has 1 aromatic rings. The minimum absolute atomic E-state index is 0.242. The van der Waals surface area contributed by atoms with Crippen LogP contribution in [0.25, 0.3) is 0 Å². The Morgan fingerprint density at radius 1 is 1.25 bits per heavy atom. The molecule has 0 spiro atoms. The van der Waals surface area contributed by atoms with Crippen LogP contribution in [0.15, 0.2) is 30.3 Å². The van der Waals surface area contributed by atoms with Gasteiger partial charge in [0.1, 0.15) is 0 Å². The van der Waals surface area contributed by atoms with E-state index in [1.54, 1.807) is 0 Å². The molecule has 0 unspecified atom stereocenters. The van der Waals surface area contributed by atoms with Crippen molar-refractivity contribution in [2.24, 2.45) is 11.3 Å². The summed E-state index contributed by atoms with van der Waals surface area (Å²) in [4.78, 5) is 11.9. The fourth-order valence-electron chi connectivity index (χ4n) is 2.68. The molecule has 3 rings (SSSR count). The fraction of sp³-hybridized carbons (Fsp3) is 0.400. The number of hydrogen-bond donors (Lipinski definition) is 0. The van der Waals surface area contributed by atoms with Gasteiger partial charge >= 0.3 is 0 Å². The van der Waals surface area contributed by atoms with E-state index < -0.39 is 0 Å². The van der Waals surface area contributed by atoms with Crippen molar-refractivity contribution in [2.45, 2.75) is 25.7 Å². The highest BCUT2D eigenvalue weighted by molar-refractivity contribution is 5.92. The van der Waals surface area contributed by atoms with Gasteiger partial charge in [-0.15, -0.1) is 0 Å². The van der Waals surface area contributed by atoms with Gasteiger partial charge < -0.3 is 0 Å². The lowest BCUT2D eigenvalue weighted by atomic mass is 9.87. The third-order valence-electron chi connectivity index (χ3n) is 3.76. The molecule has 1 nitrogen and oxygen atoms in total. The Balaban J connectivity index is 1.86. The Kier molecular flexibility index (Phi) is 2.11. The Bertz CT molecular complexity index is 477. The topological polar surface area (TPSA) is 17.1 Å². The molecule has 0 bridgehead atoms. The van der Waals surface area contributed by atoms with Gasteiger partial charge in [-0.05, 0) is 37.3 Å². The van der Waals surface area contributed by atoms with E-state index in [9.17, 15) is 4.79 Å². The normalized spacial score (nSPS) is 31.2. The first-order valence-corrected chi connectivity index (χ1v) is 5.93. The summed E-state index contributed by atoms with van der Waals surface area (Å²) in [6, 6.07) is 9.93. The van der Waals surface area contributed by atoms with Gasteiger partial charge in [-0.1, -0.05) is 30.0 Å². The summed E-state index contributed by atoms with van der Waals surface area (Å²) in [5, 5.41) is 0. The molecule has 2 atom stereocenters. The molecule has 2 fully saturated rings. The first-order chi connectivity index (χ1) is 7.81. The molecule has 16 heavy (non-hydrogen) atoms. The lowest BCUT2D eigenvalue weighted by Crippen LogP contribution is -2.20. The van der Waals surface area contributed by atoms with Crippen molar-refractivity contribution in [3.63, 3.8) is 0 Å². The van der Waals surface area contributed by atoms with Crippen LogP contribution in [-0.2, 0) is 4.79 Å². The van der Waals surface area contributed by atoms with Gasteiger partial charge in [0, 0.05) is 12.0 Å². The van der Waals surface area contributed by atoms with Crippen LogP contribution >= 0.6 is 0 Å². The van der Waals surface area contributed by atoms with Crippen LogP contribution < -0.4 is 0 Å². The van der Waals surface area contributed by atoms with Gasteiger partial charge in [0.2, 0.25) is 0 Å². The number of carbonyl (C=O) groups is 1. The van der Waals surface area contributed by atoms with Gasteiger partial charge in [-0.2, -0.15) is 0 Å². The molecule has 2 saturated carbocycles. The van der Waals surface area contributed by atoms with E-state index in [-0.39, 0.29) is 5.41 Å². The van der Waals surface area contributed by atoms with Crippen molar-refractivity contribution in [1.29, 1.82) is 0 Å². The average Bonchev–Trinajstić information content (AvgIpc) is 3.05. The molecule has 0 aliphatic heterocycles. The predicted octanol–water partition coefficient (Wildman–Crippen LogP) is 2.80. The Labute approximate surface area is 95.9 Å². The number of rotatable bonds is 0. The fourth-order valence-corrected chi connectivity index (χ4v) is 2.68. The zero-order valence-electron chi connectivity index (χ0n) is 9.20. The largest absolute Gasteiger partial charge is 0.298 e. The van der Waals surface area contributed by atoms with Crippen molar-refractivity contribution in [3.05, 3.63) is 35.9 Å². The van der Waals surface area contributed by atoms with Gasteiger partial charge in [0.15, 0.2) is 5.78 Å². The predicted molar refractivity (Wildman–Crippen MR) is 62.7 cm³/mol. The van der Waals surface area contributed by atoms with Crippen LogP contribution in [0.3, 0.4) is 0 Å². The molecular weight excluding hydrogens is 196 g/mol. The molecule has 0 N–H and O–H groups in total. The number of benzene rings is 1. The molecule has 0 saturated heterocycles. The number of Topliss-reactive ketones (excluding diaryl/α,β-unsaturated/α-hetero) is 1. The second-order valence-electron chi connectivity index (χ2n) is 4.80. The minimum atomic E-state index is -0.242. The Hall–Kier alpha value is -1.55. The molecule has 1 heteroatoms. The maximum absolute atomic E-state index is 11.9. The van der Waals surface area contributed by atoms with Gasteiger partial charge in [-0.25, -0.2) is 0 Å². The molecule has 0 radical (unpaired) electrons. The van der Waals surface area contributed by atoms with E-state index in [0.717, 1.165) is 24.8 Å². The molecule has 0 amide bonds. The lowest BCUT2D eigenvalue weighted by molar-refractivity contribution is -0.123. The van der Waals surface area contributed by atoms with Crippen LogP contribution in [0.2, 0.25) is 0 Å². The molecule has 2 aliphatic carbocycles. The maximum atomic E-state index is 11.9. The van der Waals surface area contributed by atoms with Crippen molar-refractivity contribution >= 4 is 5.78 Å². The first kappa shape index (κ1) is 9.66. The van der Waals surface area contributed by atoms with Crippen LogP contribution in [0, 0.1) is 23.2 Å². The minimum Gasteiger partial charge on any atom is -0.298 e. The second-order valence-corrected chi connectivity index (χ2v) is 4.80. The standard InChI is InChI=1S/C15H14O/c16-14-8-4-7-13-11-15(13,14)10-9-12-5-2-1-3-6-12/h1-3,5-6,13H,4,7-8,11H2/t13-,15+/m1/s1. The summed E-state index contributed by atoms with van der Waals surface area (Å²) >= 11 is 0. The molecule has 2 aliphatic rings. The molecule has 80 valence electrons. The van der Waals surface area contributed by atoms with Gasteiger partial charge in [0.25, 0.3) is 0 Å². The quantitative estimate of drug-likeness (QED) is 0.602. The highest BCUT2D eigenvalue weighted by atomic mass is 16.1. The number of ketones is 1. The molecule has 0 aromatic heterocycles.